The van der Waals surface area contributed by atoms with Gasteiger partial charge in [-0.05, 0) is 36.3 Å². The maximum atomic E-state index is 6.61. The van der Waals surface area contributed by atoms with Crippen LogP contribution in [0.5, 0.6) is 11.5 Å². The van der Waals surface area contributed by atoms with E-state index in [1.807, 2.05) is 0 Å². The fraction of sp³-hybridized carbons (Fsp3) is 0.588. The lowest BCUT2D eigenvalue weighted by Crippen LogP contribution is -2.15. The maximum Gasteiger partial charge on any atom is 0.135 e. The van der Waals surface area contributed by atoms with E-state index in [2.05, 4.69) is 77.1 Å². The molecule has 36 heavy (non-hydrogen) atoms. The first-order valence-electron chi connectivity index (χ1n) is 14.8. The van der Waals surface area contributed by atoms with Gasteiger partial charge in [0, 0.05) is 21.5 Å². The number of benzene rings is 3. The fourth-order valence-corrected chi connectivity index (χ4v) is 4.97. The summed E-state index contributed by atoms with van der Waals surface area (Å²) in [6.45, 7) is 13.0. The van der Waals surface area contributed by atoms with Crippen LogP contribution in [0.25, 0.3) is 21.5 Å². The number of rotatable bonds is 17. The van der Waals surface area contributed by atoms with E-state index in [9.17, 15) is 0 Å². The van der Waals surface area contributed by atoms with Gasteiger partial charge in [0.2, 0.25) is 0 Å². The zero-order valence-corrected chi connectivity index (χ0v) is 23.8. The van der Waals surface area contributed by atoms with E-state index in [0.717, 1.165) is 44.0 Å². The fourth-order valence-electron chi connectivity index (χ4n) is 4.97. The standard InChI is InChI=1S/C34H50O2/c1-6-9-11-13-15-19-25-36-33-29-21-17-16-20-28(29)32(35-24-18-14-12-10-7-2)30-23-22-27(26-31(30)33)34(4,5)8-3/h16-17,20-23,26H,6-15,18-19,24-25H2,1-5H3. The molecule has 0 N–H and O–H groups in total. The van der Waals surface area contributed by atoms with E-state index < -0.39 is 0 Å². The van der Waals surface area contributed by atoms with Gasteiger partial charge in [-0.25, -0.2) is 0 Å². The summed E-state index contributed by atoms with van der Waals surface area (Å²) in [6, 6.07) is 15.6. The molecule has 3 aromatic rings. The minimum Gasteiger partial charge on any atom is -0.492 e. The third-order valence-electron chi connectivity index (χ3n) is 7.83. The third kappa shape index (κ3) is 7.40. The average Bonchev–Trinajstić information content (AvgIpc) is 2.90. The van der Waals surface area contributed by atoms with Crippen LogP contribution in [0.4, 0.5) is 0 Å². The number of fused-ring (bicyclic) bond motifs is 2. The minimum absolute atomic E-state index is 0.122. The Bertz CT molecular complexity index is 1070. The lowest BCUT2D eigenvalue weighted by Gasteiger charge is -2.25. The number of hydrogen-bond acceptors (Lipinski definition) is 2. The van der Waals surface area contributed by atoms with Crippen LogP contribution in [0, 0.1) is 0 Å². The molecule has 0 unspecified atom stereocenters. The number of ether oxygens (including phenoxy) is 2. The summed E-state index contributed by atoms with van der Waals surface area (Å²) >= 11 is 0. The Labute approximate surface area is 220 Å². The first-order chi connectivity index (χ1) is 17.5. The van der Waals surface area contributed by atoms with Crippen molar-refractivity contribution in [2.24, 2.45) is 0 Å². The van der Waals surface area contributed by atoms with Crippen LogP contribution in [0.3, 0.4) is 0 Å². The van der Waals surface area contributed by atoms with Crippen LogP contribution in [0.2, 0.25) is 0 Å². The summed E-state index contributed by atoms with van der Waals surface area (Å²) in [5.74, 6) is 2.04. The van der Waals surface area contributed by atoms with Crippen molar-refractivity contribution in [1.29, 1.82) is 0 Å². The number of unbranched alkanes of at least 4 members (excludes halogenated alkanes) is 9. The molecule has 3 aromatic carbocycles. The first-order valence-corrected chi connectivity index (χ1v) is 14.8. The van der Waals surface area contributed by atoms with Gasteiger partial charge in [0.15, 0.2) is 0 Å². The molecule has 3 rings (SSSR count). The molecule has 2 heteroatoms. The van der Waals surface area contributed by atoms with Crippen LogP contribution in [-0.4, -0.2) is 13.2 Å². The summed E-state index contributed by atoms with van der Waals surface area (Å²) < 4.78 is 13.2. The average molecular weight is 491 g/mol. The lowest BCUT2D eigenvalue weighted by molar-refractivity contribution is 0.306. The highest BCUT2D eigenvalue weighted by atomic mass is 16.5. The van der Waals surface area contributed by atoms with Crippen molar-refractivity contribution in [1.82, 2.24) is 0 Å². The van der Waals surface area contributed by atoms with Crippen molar-refractivity contribution >= 4 is 21.5 Å². The Hall–Kier alpha value is -2.22. The van der Waals surface area contributed by atoms with Crippen LogP contribution in [0.1, 0.15) is 117 Å². The Morgan fingerprint density at radius 2 is 1.03 bits per heavy atom. The second kappa shape index (κ2) is 14.5. The summed E-state index contributed by atoms with van der Waals surface area (Å²) in [5, 5.41) is 4.71. The van der Waals surface area contributed by atoms with Crippen molar-refractivity contribution in [2.75, 3.05) is 13.2 Å². The van der Waals surface area contributed by atoms with Gasteiger partial charge in [-0.1, -0.05) is 129 Å². The molecule has 0 aliphatic rings. The van der Waals surface area contributed by atoms with Gasteiger partial charge in [0.25, 0.3) is 0 Å². The molecule has 0 atom stereocenters. The normalized spacial score (nSPS) is 11.9. The summed E-state index contributed by atoms with van der Waals surface area (Å²) in [7, 11) is 0. The summed E-state index contributed by atoms with van der Waals surface area (Å²) in [4.78, 5) is 0. The third-order valence-corrected chi connectivity index (χ3v) is 7.83. The van der Waals surface area contributed by atoms with Gasteiger partial charge in [-0.15, -0.1) is 0 Å². The maximum absolute atomic E-state index is 6.61. The molecule has 0 bridgehead atoms. The highest BCUT2D eigenvalue weighted by molar-refractivity contribution is 6.11. The molecular formula is C34H50O2. The zero-order chi connectivity index (χ0) is 25.8. The first kappa shape index (κ1) is 28.4. The van der Waals surface area contributed by atoms with Crippen molar-refractivity contribution < 1.29 is 9.47 Å². The van der Waals surface area contributed by atoms with Gasteiger partial charge in [0.05, 0.1) is 13.2 Å². The molecule has 0 aliphatic heterocycles. The topological polar surface area (TPSA) is 18.5 Å². The molecule has 0 aromatic heterocycles. The highest BCUT2D eigenvalue weighted by Crippen LogP contribution is 2.44. The smallest absolute Gasteiger partial charge is 0.135 e. The van der Waals surface area contributed by atoms with Gasteiger partial charge in [-0.3, -0.25) is 0 Å². The molecule has 198 valence electrons. The van der Waals surface area contributed by atoms with Crippen molar-refractivity contribution in [3.63, 3.8) is 0 Å². The van der Waals surface area contributed by atoms with E-state index >= 15 is 0 Å². The zero-order valence-electron chi connectivity index (χ0n) is 23.8. The minimum atomic E-state index is 0.122. The van der Waals surface area contributed by atoms with Gasteiger partial charge >= 0.3 is 0 Å². The molecule has 0 heterocycles. The molecule has 0 spiro atoms. The molecule has 0 saturated carbocycles. The van der Waals surface area contributed by atoms with Crippen LogP contribution in [0.15, 0.2) is 42.5 Å². The molecule has 0 fully saturated rings. The number of hydrogen-bond donors (Lipinski definition) is 0. The largest absolute Gasteiger partial charge is 0.492 e. The molecular weight excluding hydrogens is 440 g/mol. The Morgan fingerprint density at radius 1 is 0.556 bits per heavy atom. The molecule has 2 nitrogen and oxygen atoms in total. The van der Waals surface area contributed by atoms with Crippen molar-refractivity contribution in [2.45, 2.75) is 117 Å². The Balaban J connectivity index is 1.95. The predicted octanol–water partition coefficient (Wildman–Crippen LogP) is 10.8. The molecule has 0 amide bonds. The molecule has 0 saturated heterocycles. The van der Waals surface area contributed by atoms with E-state index in [0.29, 0.717) is 0 Å². The van der Waals surface area contributed by atoms with Crippen molar-refractivity contribution in [3.05, 3.63) is 48.0 Å². The molecule has 0 aliphatic carbocycles. The second-order valence-corrected chi connectivity index (χ2v) is 11.1. The van der Waals surface area contributed by atoms with Crippen molar-refractivity contribution in [3.8, 4) is 11.5 Å². The summed E-state index contributed by atoms with van der Waals surface area (Å²) in [6.07, 6.45) is 14.9. The Morgan fingerprint density at radius 3 is 1.56 bits per heavy atom. The predicted molar refractivity (Wildman–Crippen MR) is 158 cm³/mol. The van der Waals surface area contributed by atoms with E-state index in [4.69, 9.17) is 9.47 Å². The monoisotopic (exact) mass is 490 g/mol. The van der Waals surface area contributed by atoms with Gasteiger partial charge in [0.1, 0.15) is 11.5 Å². The van der Waals surface area contributed by atoms with Gasteiger partial charge < -0.3 is 9.47 Å². The van der Waals surface area contributed by atoms with Crippen LogP contribution in [-0.2, 0) is 5.41 Å². The Kier molecular flexibility index (Phi) is 11.4. The second-order valence-electron chi connectivity index (χ2n) is 11.1. The quantitative estimate of drug-likeness (QED) is 0.138. The molecule has 0 radical (unpaired) electrons. The SMILES string of the molecule is CCCCCCCCOc1c2ccccc2c(OCCCCCCC)c2ccc(C(C)(C)CC)cc12. The van der Waals surface area contributed by atoms with E-state index in [1.165, 1.54) is 84.9 Å². The van der Waals surface area contributed by atoms with Crippen LogP contribution < -0.4 is 9.47 Å². The highest BCUT2D eigenvalue weighted by Gasteiger charge is 2.22. The lowest BCUT2D eigenvalue weighted by atomic mass is 9.81. The van der Waals surface area contributed by atoms with E-state index in [-0.39, 0.29) is 5.41 Å². The van der Waals surface area contributed by atoms with Gasteiger partial charge in [-0.2, -0.15) is 0 Å². The van der Waals surface area contributed by atoms with E-state index in [1.54, 1.807) is 0 Å². The van der Waals surface area contributed by atoms with Crippen LogP contribution >= 0.6 is 0 Å². The summed E-state index contributed by atoms with van der Waals surface area (Å²) in [5.41, 5.74) is 1.49.